The van der Waals surface area contributed by atoms with Crippen molar-refractivity contribution in [2.24, 2.45) is 23.7 Å². The first-order valence-electron chi connectivity index (χ1n) is 24.1. The third-order valence-electron chi connectivity index (χ3n) is 16.8. The predicted molar refractivity (Wildman–Crippen MR) is 279 cm³/mol. The van der Waals surface area contributed by atoms with Crippen LogP contribution in [0.15, 0.2) is 200 Å². The lowest BCUT2D eigenvalue weighted by molar-refractivity contribution is -0.0399. The lowest BCUT2D eigenvalue weighted by atomic mass is 9.43. The van der Waals surface area contributed by atoms with E-state index in [9.17, 15) is 0 Å². The maximum Gasteiger partial charge on any atom is 0.0541 e. The van der Waals surface area contributed by atoms with Crippen molar-refractivity contribution in [1.82, 2.24) is 4.57 Å². The molecule has 5 aliphatic carbocycles. The molecule has 0 aliphatic heterocycles. The molecule has 314 valence electrons. The molecule has 1 nitrogen and oxygen atoms in total. The molecule has 4 fully saturated rings. The van der Waals surface area contributed by atoms with Gasteiger partial charge in [0.1, 0.15) is 0 Å². The summed E-state index contributed by atoms with van der Waals surface area (Å²) < 4.78 is 5.10. The molecule has 0 saturated heterocycles. The van der Waals surface area contributed by atoms with Crippen molar-refractivity contribution >= 4 is 53.3 Å². The minimum absolute atomic E-state index is 0.193. The van der Waals surface area contributed by atoms with E-state index in [1.54, 1.807) is 11.1 Å². The van der Waals surface area contributed by atoms with Crippen LogP contribution in [0.2, 0.25) is 0 Å². The van der Waals surface area contributed by atoms with Crippen molar-refractivity contribution < 1.29 is 0 Å². The van der Waals surface area contributed by atoms with Crippen LogP contribution >= 0.6 is 11.3 Å². The fraction of sp³-hybridized carbons (Fsp3) is 0.156. The van der Waals surface area contributed by atoms with E-state index in [4.69, 9.17) is 0 Å². The Hall–Kier alpha value is -7.00. The van der Waals surface area contributed by atoms with Gasteiger partial charge in [0.05, 0.1) is 11.0 Å². The maximum absolute atomic E-state index is 2.61. The summed E-state index contributed by atoms with van der Waals surface area (Å²) in [5, 5.41) is 5.21. The summed E-state index contributed by atoms with van der Waals surface area (Å²) in [5.74, 6) is 3.45. The number of hydrogen-bond donors (Lipinski definition) is 0. The van der Waals surface area contributed by atoms with Crippen LogP contribution in [-0.4, -0.2) is 4.57 Å². The number of fused-ring (bicyclic) bond motifs is 9. The Bertz CT molecular complexity index is 3740. The first-order chi connectivity index (χ1) is 32.6. The largest absolute Gasteiger partial charge is 0.309 e. The molecule has 4 saturated carbocycles. The average molecular weight is 862 g/mol. The molecule has 0 atom stereocenters. The van der Waals surface area contributed by atoms with E-state index < -0.39 is 0 Å². The number of aromatic nitrogens is 1. The minimum Gasteiger partial charge on any atom is -0.309 e. The van der Waals surface area contributed by atoms with Gasteiger partial charge in [-0.2, -0.15) is 0 Å². The van der Waals surface area contributed by atoms with Crippen LogP contribution in [-0.2, 0) is 5.41 Å². The second-order valence-electron chi connectivity index (χ2n) is 20.1. The van der Waals surface area contributed by atoms with Crippen LogP contribution < -0.4 is 0 Å². The van der Waals surface area contributed by atoms with Crippen LogP contribution in [0.1, 0.15) is 43.2 Å². The first-order valence-corrected chi connectivity index (χ1v) is 25.0. The van der Waals surface area contributed by atoms with Gasteiger partial charge >= 0.3 is 0 Å². The van der Waals surface area contributed by atoms with Crippen molar-refractivity contribution in [2.45, 2.75) is 37.5 Å². The van der Waals surface area contributed by atoms with Gasteiger partial charge in [0, 0.05) is 42.0 Å². The van der Waals surface area contributed by atoms with Gasteiger partial charge in [-0.3, -0.25) is 0 Å². The second-order valence-corrected chi connectivity index (χ2v) is 21.2. The van der Waals surface area contributed by atoms with Crippen LogP contribution in [0.4, 0.5) is 0 Å². The van der Waals surface area contributed by atoms with Crippen molar-refractivity contribution in [2.75, 3.05) is 0 Å². The Labute approximate surface area is 389 Å². The fourth-order valence-corrected chi connectivity index (χ4v) is 15.3. The summed E-state index contributed by atoms with van der Waals surface area (Å²) in [6.07, 6.45) is 7.14. The summed E-state index contributed by atoms with van der Waals surface area (Å²) in [4.78, 5) is 0. The molecular weight excluding hydrogens is 815 g/mol. The molecule has 0 N–H and O–H groups in total. The van der Waals surface area contributed by atoms with Crippen molar-refractivity contribution in [3.05, 3.63) is 211 Å². The highest BCUT2D eigenvalue weighted by molar-refractivity contribution is 7.25. The summed E-state index contributed by atoms with van der Waals surface area (Å²) in [7, 11) is 0. The number of para-hydroxylation sites is 1. The van der Waals surface area contributed by atoms with Gasteiger partial charge in [-0.1, -0.05) is 140 Å². The smallest absolute Gasteiger partial charge is 0.0541 e. The van der Waals surface area contributed by atoms with Crippen molar-refractivity contribution in [3.8, 4) is 61.3 Å². The molecule has 2 aromatic heterocycles. The number of hydrogen-bond acceptors (Lipinski definition) is 1. The average Bonchev–Trinajstić information content (AvgIpc) is 4.01. The number of nitrogens with zero attached hydrogens (tertiary/aromatic N) is 1. The fourth-order valence-electron chi connectivity index (χ4n) is 14.2. The molecule has 11 aromatic rings. The molecule has 1 spiro atoms. The molecule has 5 aliphatic rings. The molecule has 16 rings (SSSR count). The highest BCUT2D eigenvalue weighted by Gasteiger charge is 2.61. The molecule has 2 heteroatoms. The van der Waals surface area contributed by atoms with E-state index in [0.29, 0.717) is 0 Å². The van der Waals surface area contributed by atoms with E-state index in [1.165, 1.54) is 135 Å². The second kappa shape index (κ2) is 14.0. The van der Waals surface area contributed by atoms with E-state index >= 15 is 0 Å². The number of thiophene rings is 1. The predicted octanol–water partition coefficient (Wildman–Crippen LogP) is 17.5. The van der Waals surface area contributed by atoms with Crippen LogP contribution in [0.5, 0.6) is 0 Å². The van der Waals surface area contributed by atoms with Crippen molar-refractivity contribution in [1.29, 1.82) is 0 Å². The molecular formula is C64H47NS. The third-order valence-corrected chi connectivity index (χ3v) is 18.0. The number of benzene rings is 9. The quantitative estimate of drug-likeness (QED) is 0.162. The minimum atomic E-state index is 0.193. The highest BCUT2D eigenvalue weighted by Crippen LogP contribution is 2.69. The maximum atomic E-state index is 2.61. The molecule has 0 amide bonds. The Morgan fingerprint density at radius 2 is 0.879 bits per heavy atom. The normalized spacial score (nSPS) is 21.4. The molecule has 0 radical (unpaired) electrons. The van der Waals surface area contributed by atoms with Crippen molar-refractivity contribution in [3.63, 3.8) is 0 Å². The lowest BCUT2D eigenvalue weighted by Crippen LogP contribution is -2.55. The summed E-state index contributed by atoms with van der Waals surface area (Å²) in [6.45, 7) is 0. The Balaban J connectivity index is 0.731. The molecule has 4 bridgehead atoms. The monoisotopic (exact) mass is 861 g/mol. The summed E-state index contributed by atoms with van der Waals surface area (Å²) in [6, 6.07) is 76.0. The Morgan fingerprint density at radius 3 is 1.64 bits per heavy atom. The lowest BCUT2D eigenvalue weighted by Gasteiger charge is -2.61. The third kappa shape index (κ3) is 5.34. The Kier molecular flexibility index (Phi) is 7.90. The van der Waals surface area contributed by atoms with Gasteiger partial charge in [-0.15, -0.1) is 11.3 Å². The molecule has 66 heavy (non-hydrogen) atoms. The standard InChI is InChI=1S/C64H47NS/c1-4-13-58-52(10-1)53-27-22-48(38-59(53)64(58)49-31-39-30-40(33-49)34-50(64)32-39)42-18-16-41(17-19-42)44-8-7-9-45(35-44)43-20-25-51(26-21-43)65-60-14-5-2-11-54(60)56-36-46(23-28-61(56)65)47-24-29-63-57(37-47)55-12-3-6-15-62(55)66-63/h1-29,35-40,49-50H,30-34H2. The van der Waals surface area contributed by atoms with Gasteiger partial charge in [0.25, 0.3) is 0 Å². The summed E-state index contributed by atoms with van der Waals surface area (Å²) in [5.41, 5.74) is 20.1. The van der Waals surface area contributed by atoms with E-state index in [-0.39, 0.29) is 5.41 Å². The van der Waals surface area contributed by atoms with Gasteiger partial charge in [0.15, 0.2) is 0 Å². The van der Waals surface area contributed by atoms with Crippen LogP contribution in [0.3, 0.4) is 0 Å². The van der Waals surface area contributed by atoms with Crippen LogP contribution in [0, 0.1) is 23.7 Å². The van der Waals surface area contributed by atoms with Gasteiger partial charge in [0.2, 0.25) is 0 Å². The zero-order valence-electron chi connectivity index (χ0n) is 36.8. The first kappa shape index (κ1) is 37.2. The zero-order chi connectivity index (χ0) is 43.1. The van der Waals surface area contributed by atoms with Gasteiger partial charge < -0.3 is 4.57 Å². The molecule has 0 unspecified atom stereocenters. The zero-order valence-corrected chi connectivity index (χ0v) is 37.6. The van der Waals surface area contributed by atoms with E-state index in [1.807, 2.05) is 11.3 Å². The van der Waals surface area contributed by atoms with Crippen LogP contribution in [0.25, 0.3) is 103 Å². The summed E-state index contributed by atoms with van der Waals surface area (Å²) >= 11 is 1.87. The molecule has 9 aromatic carbocycles. The highest BCUT2D eigenvalue weighted by atomic mass is 32.1. The molecule has 2 heterocycles. The topological polar surface area (TPSA) is 4.93 Å². The Morgan fingerprint density at radius 1 is 0.348 bits per heavy atom. The number of rotatable bonds is 5. The van der Waals surface area contributed by atoms with E-state index in [0.717, 1.165) is 23.7 Å². The SMILES string of the molecule is c1cc(-c2ccc(-c3ccc4c(c3)C3(c5ccccc5-4)C4CC5CC(C4)CC3C5)cc2)cc(-c2ccc(-n3c4ccccc4c4cc(-c5ccc6sc7ccccc7c6c5)ccc43)cc2)c1. The van der Waals surface area contributed by atoms with E-state index in [2.05, 4.69) is 205 Å². The van der Waals surface area contributed by atoms with Gasteiger partial charge in [-0.25, -0.2) is 0 Å². The van der Waals surface area contributed by atoms with Gasteiger partial charge in [-0.05, 0) is 183 Å².